The predicted molar refractivity (Wildman–Crippen MR) is 67.4 cm³/mol. The van der Waals surface area contributed by atoms with E-state index >= 15 is 0 Å². The number of hydrogen-bond acceptors (Lipinski definition) is 2. The van der Waals surface area contributed by atoms with Gasteiger partial charge in [-0.3, -0.25) is 4.68 Å². The third-order valence-corrected chi connectivity index (χ3v) is 3.58. The molecular weight excluding hydrogens is 198 g/mol. The monoisotopic (exact) mass is 221 g/mol. The third-order valence-electron chi connectivity index (χ3n) is 3.58. The SMILES string of the molecule is CC(C)Cc1c(C2CCCC2)nn(C)c1N. The van der Waals surface area contributed by atoms with Crippen LogP contribution < -0.4 is 5.73 Å². The number of nitrogens with zero attached hydrogens (tertiary/aromatic N) is 2. The van der Waals surface area contributed by atoms with Crippen LogP contribution in [0.5, 0.6) is 0 Å². The van der Waals surface area contributed by atoms with Crippen molar-refractivity contribution < 1.29 is 0 Å². The van der Waals surface area contributed by atoms with Gasteiger partial charge in [-0.1, -0.05) is 26.7 Å². The van der Waals surface area contributed by atoms with Gasteiger partial charge in [-0.05, 0) is 25.2 Å². The summed E-state index contributed by atoms with van der Waals surface area (Å²) in [4.78, 5) is 0. The van der Waals surface area contributed by atoms with Crippen LogP contribution in [0.25, 0.3) is 0 Å². The summed E-state index contributed by atoms with van der Waals surface area (Å²) < 4.78 is 1.85. The highest BCUT2D eigenvalue weighted by molar-refractivity contribution is 5.45. The number of aromatic nitrogens is 2. The summed E-state index contributed by atoms with van der Waals surface area (Å²) in [5, 5.41) is 4.64. The summed E-state index contributed by atoms with van der Waals surface area (Å²) in [5.74, 6) is 2.18. The minimum absolute atomic E-state index is 0.645. The van der Waals surface area contributed by atoms with Gasteiger partial charge in [0.05, 0.1) is 5.69 Å². The largest absolute Gasteiger partial charge is 0.384 e. The molecule has 1 fully saturated rings. The Balaban J connectivity index is 2.31. The molecule has 0 bridgehead atoms. The van der Waals surface area contributed by atoms with E-state index in [9.17, 15) is 0 Å². The lowest BCUT2D eigenvalue weighted by molar-refractivity contribution is 0.621. The molecule has 1 aliphatic rings. The van der Waals surface area contributed by atoms with Crippen molar-refractivity contribution in [1.82, 2.24) is 9.78 Å². The Kier molecular flexibility index (Phi) is 3.22. The van der Waals surface area contributed by atoms with E-state index in [1.807, 2.05) is 11.7 Å². The van der Waals surface area contributed by atoms with Crippen molar-refractivity contribution in [3.05, 3.63) is 11.3 Å². The van der Waals surface area contributed by atoms with Gasteiger partial charge in [0.2, 0.25) is 0 Å². The van der Waals surface area contributed by atoms with Crippen molar-refractivity contribution in [3.8, 4) is 0 Å². The van der Waals surface area contributed by atoms with Gasteiger partial charge < -0.3 is 5.73 Å². The fourth-order valence-electron chi connectivity index (χ4n) is 2.75. The first-order valence-corrected chi connectivity index (χ1v) is 6.40. The van der Waals surface area contributed by atoms with Crippen molar-refractivity contribution in [2.24, 2.45) is 13.0 Å². The molecule has 2 rings (SSSR count). The Hall–Kier alpha value is -0.990. The van der Waals surface area contributed by atoms with E-state index in [1.54, 1.807) is 0 Å². The molecule has 1 heterocycles. The normalized spacial score (nSPS) is 17.5. The zero-order valence-corrected chi connectivity index (χ0v) is 10.7. The van der Waals surface area contributed by atoms with E-state index in [1.165, 1.54) is 36.9 Å². The Bertz CT molecular complexity index is 359. The van der Waals surface area contributed by atoms with Gasteiger partial charge in [0.15, 0.2) is 0 Å². The third kappa shape index (κ3) is 2.08. The zero-order chi connectivity index (χ0) is 11.7. The van der Waals surface area contributed by atoms with E-state index in [0.29, 0.717) is 11.8 Å². The predicted octanol–water partition coefficient (Wildman–Crippen LogP) is 2.86. The van der Waals surface area contributed by atoms with Crippen LogP contribution in [0.1, 0.15) is 56.7 Å². The van der Waals surface area contributed by atoms with Gasteiger partial charge >= 0.3 is 0 Å². The lowest BCUT2D eigenvalue weighted by Gasteiger charge is -2.10. The lowest BCUT2D eigenvalue weighted by atomic mass is 9.95. The van der Waals surface area contributed by atoms with Crippen molar-refractivity contribution in [3.63, 3.8) is 0 Å². The van der Waals surface area contributed by atoms with Crippen LogP contribution >= 0.6 is 0 Å². The second kappa shape index (κ2) is 4.48. The smallest absolute Gasteiger partial charge is 0.124 e. The minimum atomic E-state index is 0.645. The molecule has 0 amide bonds. The Morgan fingerprint density at radius 3 is 2.56 bits per heavy atom. The van der Waals surface area contributed by atoms with Crippen molar-refractivity contribution in [2.45, 2.75) is 51.9 Å². The first-order chi connectivity index (χ1) is 7.59. The second-order valence-electron chi connectivity index (χ2n) is 5.45. The first-order valence-electron chi connectivity index (χ1n) is 6.40. The van der Waals surface area contributed by atoms with E-state index in [-0.39, 0.29) is 0 Å². The summed E-state index contributed by atoms with van der Waals surface area (Å²) in [6.07, 6.45) is 6.35. The van der Waals surface area contributed by atoms with Crippen LogP contribution in [0, 0.1) is 5.92 Å². The maximum absolute atomic E-state index is 6.12. The standard InChI is InChI=1S/C13H23N3/c1-9(2)8-11-12(10-6-4-5-7-10)15-16(3)13(11)14/h9-10H,4-8,14H2,1-3H3. The second-order valence-corrected chi connectivity index (χ2v) is 5.45. The molecule has 1 saturated carbocycles. The van der Waals surface area contributed by atoms with E-state index < -0.39 is 0 Å². The van der Waals surface area contributed by atoms with Gasteiger partial charge in [-0.25, -0.2) is 0 Å². The van der Waals surface area contributed by atoms with Crippen molar-refractivity contribution in [2.75, 3.05) is 5.73 Å². The zero-order valence-electron chi connectivity index (χ0n) is 10.7. The molecule has 3 nitrogen and oxygen atoms in total. The molecule has 1 aromatic heterocycles. The molecule has 0 aromatic carbocycles. The highest BCUT2D eigenvalue weighted by Crippen LogP contribution is 2.37. The average Bonchev–Trinajstić information content (AvgIpc) is 2.81. The number of hydrogen-bond donors (Lipinski definition) is 1. The minimum Gasteiger partial charge on any atom is -0.384 e. The summed E-state index contributed by atoms with van der Waals surface area (Å²) in [6, 6.07) is 0. The fraction of sp³-hybridized carbons (Fsp3) is 0.769. The van der Waals surface area contributed by atoms with E-state index in [0.717, 1.165) is 12.2 Å². The Morgan fingerprint density at radius 1 is 1.38 bits per heavy atom. The topological polar surface area (TPSA) is 43.8 Å². The summed E-state index contributed by atoms with van der Waals surface area (Å²) in [7, 11) is 1.96. The maximum atomic E-state index is 6.12. The molecule has 1 aliphatic carbocycles. The number of nitrogen functional groups attached to an aromatic ring is 1. The number of rotatable bonds is 3. The van der Waals surface area contributed by atoms with Gasteiger partial charge in [0.1, 0.15) is 5.82 Å². The molecule has 0 aliphatic heterocycles. The average molecular weight is 221 g/mol. The molecule has 3 heteroatoms. The Labute approximate surface area is 98.0 Å². The fourth-order valence-corrected chi connectivity index (χ4v) is 2.75. The first kappa shape index (κ1) is 11.5. The highest BCUT2D eigenvalue weighted by Gasteiger charge is 2.25. The molecule has 0 unspecified atom stereocenters. The summed E-state index contributed by atoms with van der Waals surface area (Å²) >= 11 is 0. The van der Waals surface area contributed by atoms with Crippen molar-refractivity contribution in [1.29, 1.82) is 0 Å². The molecule has 2 N–H and O–H groups in total. The Morgan fingerprint density at radius 2 is 2.00 bits per heavy atom. The quantitative estimate of drug-likeness (QED) is 0.853. The molecule has 0 saturated heterocycles. The number of nitrogens with two attached hydrogens (primary N) is 1. The van der Waals surface area contributed by atoms with Crippen LogP contribution in [0.3, 0.4) is 0 Å². The highest BCUT2D eigenvalue weighted by atomic mass is 15.3. The molecule has 1 aromatic rings. The number of aryl methyl sites for hydroxylation is 1. The van der Waals surface area contributed by atoms with Gasteiger partial charge in [0.25, 0.3) is 0 Å². The van der Waals surface area contributed by atoms with E-state index in [2.05, 4.69) is 18.9 Å². The lowest BCUT2D eigenvalue weighted by Crippen LogP contribution is -2.03. The van der Waals surface area contributed by atoms with Gasteiger partial charge in [-0.15, -0.1) is 0 Å². The van der Waals surface area contributed by atoms with Crippen LogP contribution in [-0.2, 0) is 13.5 Å². The van der Waals surface area contributed by atoms with Crippen LogP contribution in [0.15, 0.2) is 0 Å². The summed E-state index contributed by atoms with van der Waals surface area (Å²) in [6.45, 7) is 4.48. The maximum Gasteiger partial charge on any atom is 0.124 e. The molecule has 0 atom stereocenters. The van der Waals surface area contributed by atoms with Gasteiger partial charge in [0, 0.05) is 18.5 Å². The molecule has 90 valence electrons. The van der Waals surface area contributed by atoms with Gasteiger partial charge in [-0.2, -0.15) is 5.10 Å². The molecular formula is C13H23N3. The molecule has 16 heavy (non-hydrogen) atoms. The number of anilines is 1. The van der Waals surface area contributed by atoms with Crippen molar-refractivity contribution >= 4 is 5.82 Å². The van der Waals surface area contributed by atoms with E-state index in [4.69, 9.17) is 5.73 Å². The van der Waals surface area contributed by atoms with Crippen LogP contribution in [-0.4, -0.2) is 9.78 Å². The van der Waals surface area contributed by atoms with Crippen LogP contribution in [0.2, 0.25) is 0 Å². The molecule has 0 spiro atoms. The molecule has 0 radical (unpaired) electrons. The summed E-state index contributed by atoms with van der Waals surface area (Å²) in [5.41, 5.74) is 8.71. The van der Waals surface area contributed by atoms with Crippen LogP contribution in [0.4, 0.5) is 5.82 Å².